The van der Waals surface area contributed by atoms with E-state index in [4.69, 9.17) is 9.84 Å². The third kappa shape index (κ3) is 3.02. The van der Waals surface area contributed by atoms with E-state index < -0.39 is 16.0 Å². The first kappa shape index (κ1) is 15.0. The molecule has 1 aromatic rings. The molecule has 2 rings (SSSR count). The van der Waals surface area contributed by atoms with Crippen LogP contribution in [-0.2, 0) is 21.8 Å². The molecule has 1 saturated heterocycles. The van der Waals surface area contributed by atoms with E-state index in [-0.39, 0.29) is 22.7 Å². The third-order valence-electron chi connectivity index (χ3n) is 3.37. The summed E-state index contributed by atoms with van der Waals surface area (Å²) in [7, 11) is -2.25. The second kappa shape index (κ2) is 5.55. The van der Waals surface area contributed by atoms with Gasteiger partial charge in [0.15, 0.2) is 0 Å². The van der Waals surface area contributed by atoms with Crippen LogP contribution in [-0.4, -0.2) is 42.8 Å². The zero-order chi connectivity index (χ0) is 14.9. The lowest BCUT2D eigenvalue weighted by Crippen LogP contribution is -2.40. The van der Waals surface area contributed by atoms with Crippen LogP contribution >= 0.6 is 0 Å². The maximum absolute atomic E-state index is 12.2. The number of hydrogen-bond donors (Lipinski definition) is 2. The Hall–Kier alpha value is -1.38. The predicted molar refractivity (Wildman–Crippen MR) is 71.1 cm³/mol. The topological polar surface area (TPSA) is 97.6 Å². The number of hydrogen-bond acceptors (Lipinski definition) is 4. The average Bonchev–Trinajstić information content (AvgIpc) is 2.96. The van der Waals surface area contributed by atoms with Gasteiger partial charge in [0.1, 0.15) is 10.6 Å². The van der Waals surface area contributed by atoms with Gasteiger partial charge in [-0.25, -0.2) is 17.9 Å². The summed E-state index contributed by atoms with van der Waals surface area (Å²) in [5.41, 5.74) is -0.0739. The van der Waals surface area contributed by atoms with Crippen LogP contribution in [0.2, 0.25) is 0 Å². The summed E-state index contributed by atoms with van der Waals surface area (Å²) in [6, 6.07) is 0.795. The van der Waals surface area contributed by atoms with Crippen molar-refractivity contribution in [3.8, 4) is 0 Å². The van der Waals surface area contributed by atoms with E-state index in [1.165, 1.54) is 17.8 Å². The van der Waals surface area contributed by atoms with Crippen LogP contribution in [0.15, 0.2) is 17.2 Å². The summed E-state index contributed by atoms with van der Waals surface area (Å²) in [5, 5.41) is 8.94. The number of aromatic carboxylic acids is 1. The lowest BCUT2D eigenvalue weighted by Gasteiger charge is -2.19. The van der Waals surface area contributed by atoms with Crippen molar-refractivity contribution < 1.29 is 23.1 Å². The molecule has 1 aliphatic heterocycles. The standard InChI is InChI=1S/C12H18N2O5S/c1-8(11-4-3-5-19-11)13-20(17,18)9-6-10(12(15)16)14(2)7-9/h6-8,11,13H,3-5H2,1-2H3,(H,15,16). The Morgan fingerprint density at radius 2 is 2.30 bits per heavy atom. The first-order valence-corrected chi connectivity index (χ1v) is 7.83. The number of carboxylic acid groups (broad SMARTS) is 1. The van der Waals surface area contributed by atoms with Crippen LogP contribution in [0.4, 0.5) is 0 Å². The number of ether oxygens (including phenoxy) is 1. The Morgan fingerprint density at radius 1 is 1.60 bits per heavy atom. The molecule has 0 bridgehead atoms. The van der Waals surface area contributed by atoms with E-state index in [0.29, 0.717) is 6.61 Å². The van der Waals surface area contributed by atoms with Crippen LogP contribution in [0.5, 0.6) is 0 Å². The van der Waals surface area contributed by atoms with Gasteiger partial charge in [0.05, 0.1) is 6.10 Å². The van der Waals surface area contributed by atoms with Gasteiger partial charge < -0.3 is 14.4 Å². The second-order valence-corrected chi connectivity index (χ2v) is 6.65. The number of nitrogens with zero attached hydrogens (tertiary/aromatic N) is 1. The fraction of sp³-hybridized carbons (Fsp3) is 0.583. The Kier molecular flexibility index (Phi) is 4.17. The summed E-state index contributed by atoms with van der Waals surface area (Å²) in [6.07, 6.45) is 2.89. The van der Waals surface area contributed by atoms with Crippen molar-refractivity contribution in [2.45, 2.75) is 36.8 Å². The molecule has 0 saturated carbocycles. The minimum atomic E-state index is -3.75. The lowest BCUT2D eigenvalue weighted by molar-refractivity contribution is 0.0686. The van der Waals surface area contributed by atoms with Crippen LogP contribution in [0.25, 0.3) is 0 Å². The van der Waals surface area contributed by atoms with E-state index >= 15 is 0 Å². The summed E-state index contributed by atoms with van der Waals surface area (Å²) < 4.78 is 33.7. The molecule has 1 aromatic heterocycles. The van der Waals surface area contributed by atoms with Gasteiger partial charge in [-0.3, -0.25) is 0 Å². The molecular weight excluding hydrogens is 284 g/mol. The molecule has 0 amide bonds. The number of nitrogens with one attached hydrogen (secondary N) is 1. The molecule has 1 aliphatic rings. The molecule has 1 fully saturated rings. The summed E-state index contributed by atoms with van der Waals surface area (Å²) >= 11 is 0. The smallest absolute Gasteiger partial charge is 0.352 e. The molecule has 112 valence electrons. The lowest BCUT2D eigenvalue weighted by atomic mass is 10.1. The summed E-state index contributed by atoms with van der Waals surface area (Å²) in [4.78, 5) is 10.9. The molecule has 2 heterocycles. The van der Waals surface area contributed by atoms with Gasteiger partial charge in [0.25, 0.3) is 0 Å². The van der Waals surface area contributed by atoms with Gasteiger partial charge in [-0.05, 0) is 25.8 Å². The normalized spacial score (nSPS) is 21.0. The maximum atomic E-state index is 12.2. The number of aryl methyl sites for hydroxylation is 1. The van der Waals surface area contributed by atoms with E-state index in [9.17, 15) is 13.2 Å². The van der Waals surface area contributed by atoms with Crippen LogP contribution < -0.4 is 4.72 Å². The minimum absolute atomic E-state index is 0.0535. The molecule has 2 N–H and O–H groups in total. The van der Waals surface area contributed by atoms with Gasteiger partial charge in [0, 0.05) is 25.9 Å². The highest BCUT2D eigenvalue weighted by atomic mass is 32.2. The van der Waals surface area contributed by atoms with Crippen LogP contribution in [0, 0.1) is 0 Å². The van der Waals surface area contributed by atoms with Gasteiger partial charge in [-0.1, -0.05) is 0 Å². The highest BCUT2D eigenvalue weighted by Gasteiger charge is 2.28. The molecule has 2 atom stereocenters. The zero-order valence-electron chi connectivity index (χ0n) is 11.4. The second-order valence-electron chi connectivity index (χ2n) is 4.94. The van der Waals surface area contributed by atoms with Crippen molar-refractivity contribution >= 4 is 16.0 Å². The monoisotopic (exact) mass is 302 g/mol. The van der Waals surface area contributed by atoms with E-state index in [1.54, 1.807) is 6.92 Å². The molecular formula is C12H18N2O5S. The fourth-order valence-corrected chi connectivity index (χ4v) is 3.62. The molecule has 8 heteroatoms. The van der Waals surface area contributed by atoms with Crippen LogP contribution in [0.3, 0.4) is 0 Å². The fourth-order valence-electron chi connectivity index (χ4n) is 2.28. The van der Waals surface area contributed by atoms with E-state index in [2.05, 4.69) is 4.72 Å². The minimum Gasteiger partial charge on any atom is -0.477 e. The van der Waals surface area contributed by atoms with Crippen LogP contribution in [0.1, 0.15) is 30.3 Å². The molecule has 0 spiro atoms. The zero-order valence-corrected chi connectivity index (χ0v) is 12.2. The summed E-state index contributed by atoms with van der Waals surface area (Å²) in [5.74, 6) is -1.17. The van der Waals surface area contributed by atoms with Crippen molar-refractivity contribution in [3.63, 3.8) is 0 Å². The van der Waals surface area contributed by atoms with Crippen molar-refractivity contribution in [1.82, 2.24) is 9.29 Å². The highest BCUT2D eigenvalue weighted by molar-refractivity contribution is 7.89. The van der Waals surface area contributed by atoms with Crippen molar-refractivity contribution in [3.05, 3.63) is 18.0 Å². The number of carbonyl (C=O) groups is 1. The highest BCUT2D eigenvalue weighted by Crippen LogP contribution is 2.19. The quantitative estimate of drug-likeness (QED) is 0.828. The van der Waals surface area contributed by atoms with E-state index in [1.807, 2.05) is 0 Å². The predicted octanol–water partition coefficient (Wildman–Crippen LogP) is 0.569. The Labute approximate surface area is 117 Å². The number of rotatable bonds is 5. The number of sulfonamides is 1. The molecule has 0 aliphatic carbocycles. The molecule has 7 nitrogen and oxygen atoms in total. The van der Waals surface area contributed by atoms with Gasteiger partial charge in [-0.15, -0.1) is 0 Å². The SMILES string of the molecule is CC(NS(=O)(=O)c1cc(C(=O)O)n(C)c1)C1CCCO1. The van der Waals surface area contributed by atoms with Crippen molar-refractivity contribution in [2.75, 3.05) is 6.61 Å². The third-order valence-corrected chi connectivity index (χ3v) is 4.90. The molecule has 2 unspecified atom stereocenters. The number of aromatic nitrogens is 1. The van der Waals surface area contributed by atoms with Gasteiger partial charge in [0.2, 0.25) is 10.0 Å². The number of carboxylic acids is 1. The molecule has 20 heavy (non-hydrogen) atoms. The first-order valence-electron chi connectivity index (χ1n) is 6.35. The Bertz CT molecular complexity index is 601. The van der Waals surface area contributed by atoms with Crippen molar-refractivity contribution in [2.24, 2.45) is 7.05 Å². The Morgan fingerprint density at radius 3 is 2.80 bits per heavy atom. The van der Waals surface area contributed by atoms with E-state index in [0.717, 1.165) is 18.9 Å². The summed E-state index contributed by atoms with van der Waals surface area (Å²) in [6.45, 7) is 2.39. The van der Waals surface area contributed by atoms with Crippen molar-refractivity contribution in [1.29, 1.82) is 0 Å². The van der Waals surface area contributed by atoms with Gasteiger partial charge >= 0.3 is 5.97 Å². The Balaban J connectivity index is 2.17. The van der Waals surface area contributed by atoms with Gasteiger partial charge in [-0.2, -0.15) is 0 Å². The average molecular weight is 302 g/mol. The molecule has 0 aromatic carbocycles. The molecule has 0 radical (unpaired) electrons. The first-order chi connectivity index (χ1) is 9.31. The largest absolute Gasteiger partial charge is 0.477 e. The maximum Gasteiger partial charge on any atom is 0.352 e.